The summed E-state index contributed by atoms with van der Waals surface area (Å²) in [5, 5.41) is 1.90. The van der Waals surface area contributed by atoms with Crippen molar-refractivity contribution in [2.75, 3.05) is 0 Å². The van der Waals surface area contributed by atoms with Crippen molar-refractivity contribution in [3.05, 3.63) is 56.4 Å². The summed E-state index contributed by atoms with van der Waals surface area (Å²) in [6, 6.07) is 8.29. The number of Topliss-reactive ketones (excluding diaryl/α,β-unsaturated/α-hetero) is 1. The molecular weight excluding hydrogens is 291 g/mol. The number of ketones is 1. The topological polar surface area (TPSA) is 17.1 Å². The van der Waals surface area contributed by atoms with Crippen molar-refractivity contribution in [1.82, 2.24) is 0 Å². The highest BCUT2D eigenvalue weighted by atomic mass is 79.9. The molecule has 0 aliphatic rings. The highest BCUT2D eigenvalue weighted by Crippen LogP contribution is 2.22. The van der Waals surface area contributed by atoms with Crippen molar-refractivity contribution < 1.29 is 9.18 Å². The molecule has 1 nitrogen and oxygen atoms in total. The van der Waals surface area contributed by atoms with E-state index >= 15 is 0 Å². The largest absolute Gasteiger partial charge is 0.294 e. The Bertz CT molecular complexity index is 487. The molecule has 0 N–H and O–H groups in total. The molecule has 0 spiro atoms. The van der Waals surface area contributed by atoms with Crippen LogP contribution in [-0.4, -0.2) is 5.78 Å². The maximum atomic E-state index is 13.5. The zero-order valence-corrected chi connectivity index (χ0v) is 10.6. The normalized spacial score (nSPS) is 10.4. The molecule has 16 heavy (non-hydrogen) atoms. The second-order valence-corrected chi connectivity index (χ2v) is 5.16. The Morgan fingerprint density at radius 2 is 2.12 bits per heavy atom. The van der Waals surface area contributed by atoms with E-state index in [0.29, 0.717) is 4.47 Å². The van der Waals surface area contributed by atoms with Gasteiger partial charge < -0.3 is 0 Å². The Labute approximate surface area is 105 Å². The average Bonchev–Trinajstić information content (AvgIpc) is 2.70. The number of thiophene rings is 1. The summed E-state index contributed by atoms with van der Waals surface area (Å²) in [5.74, 6) is -0.677. The molecule has 0 unspecified atom stereocenters. The van der Waals surface area contributed by atoms with E-state index in [9.17, 15) is 9.18 Å². The molecule has 0 aliphatic carbocycles. The Morgan fingerprint density at radius 3 is 2.75 bits per heavy atom. The number of hydrogen-bond acceptors (Lipinski definition) is 2. The van der Waals surface area contributed by atoms with Gasteiger partial charge >= 0.3 is 0 Å². The molecule has 0 aliphatic heterocycles. The molecule has 0 fully saturated rings. The fraction of sp³-hybridized carbons (Fsp3) is 0.0833. The van der Waals surface area contributed by atoms with Crippen molar-refractivity contribution in [3.63, 3.8) is 0 Å². The number of hydrogen-bond donors (Lipinski definition) is 0. The zero-order valence-electron chi connectivity index (χ0n) is 8.24. The van der Waals surface area contributed by atoms with Crippen LogP contribution in [-0.2, 0) is 6.42 Å². The summed E-state index contributed by atoms with van der Waals surface area (Å²) in [6.07, 6.45) is 0.247. The molecule has 1 aromatic carbocycles. The standard InChI is InChI=1S/C12H8BrFOS/c13-9-4-1-5-10(14)12(9)11(15)7-8-3-2-6-16-8/h1-6H,7H2. The van der Waals surface area contributed by atoms with Gasteiger partial charge in [0.1, 0.15) is 5.82 Å². The van der Waals surface area contributed by atoms with E-state index < -0.39 is 5.82 Å². The van der Waals surface area contributed by atoms with Gasteiger partial charge in [-0.1, -0.05) is 12.1 Å². The first-order valence-corrected chi connectivity index (χ1v) is 6.35. The highest BCUT2D eigenvalue weighted by Gasteiger charge is 2.15. The Kier molecular flexibility index (Phi) is 3.51. The minimum atomic E-state index is -0.476. The first-order valence-electron chi connectivity index (χ1n) is 4.68. The van der Waals surface area contributed by atoms with Crippen LogP contribution in [0.15, 0.2) is 40.2 Å². The van der Waals surface area contributed by atoms with Crippen LogP contribution < -0.4 is 0 Å². The van der Waals surface area contributed by atoms with Gasteiger partial charge in [0.2, 0.25) is 0 Å². The minimum absolute atomic E-state index is 0.135. The molecule has 1 heterocycles. The van der Waals surface area contributed by atoms with E-state index in [1.807, 2.05) is 17.5 Å². The van der Waals surface area contributed by atoms with E-state index in [1.165, 1.54) is 17.4 Å². The van der Waals surface area contributed by atoms with Crippen LogP contribution in [0.2, 0.25) is 0 Å². The molecule has 0 saturated heterocycles. The highest BCUT2D eigenvalue weighted by molar-refractivity contribution is 9.10. The Hall–Kier alpha value is -1.00. The maximum Gasteiger partial charge on any atom is 0.172 e. The van der Waals surface area contributed by atoms with Gasteiger partial charge in [0.15, 0.2) is 5.78 Å². The second-order valence-electron chi connectivity index (χ2n) is 3.28. The molecule has 4 heteroatoms. The molecule has 0 bridgehead atoms. The summed E-state index contributed by atoms with van der Waals surface area (Å²) < 4.78 is 14.0. The van der Waals surface area contributed by atoms with Gasteiger partial charge in [-0.05, 0) is 39.5 Å². The lowest BCUT2D eigenvalue weighted by Crippen LogP contribution is -2.06. The third kappa shape index (κ3) is 2.39. The molecule has 0 amide bonds. The van der Waals surface area contributed by atoms with E-state index in [4.69, 9.17) is 0 Å². The second kappa shape index (κ2) is 4.89. The minimum Gasteiger partial charge on any atom is -0.294 e. The average molecular weight is 299 g/mol. The van der Waals surface area contributed by atoms with Crippen molar-refractivity contribution in [3.8, 4) is 0 Å². The zero-order chi connectivity index (χ0) is 11.5. The molecule has 0 saturated carbocycles. The van der Waals surface area contributed by atoms with Gasteiger partial charge in [-0.25, -0.2) is 4.39 Å². The van der Waals surface area contributed by atoms with Gasteiger partial charge in [0.25, 0.3) is 0 Å². The van der Waals surface area contributed by atoms with E-state index in [0.717, 1.165) is 4.88 Å². The van der Waals surface area contributed by atoms with Crippen LogP contribution in [0.4, 0.5) is 4.39 Å². The predicted molar refractivity (Wildman–Crippen MR) is 66.5 cm³/mol. The summed E-state index contributed by atoms with van der Waals surface area (Å²) >= 11 is 4.69. The summed E-state index contributed by atoms with van der Waals surface area (Å²) in [6.45, 7) is 0. The van der Waals surface area contributed by atoms with Crippen LogP contribution in [0.1, 0.15) is 15.2 Å². The lowest BCUT2D eigenvalue weighted by atomic mass is 10.1. The molecular formula is C12H8BrFOS. The summed E-state index contributed by atoms with van der Waals surface area (Å²) in [4.78, 5) is 12.8. The van der Waals surface area contributed by atoms with Crippen molar-refractivity contribution in [2.24, 2.45) is 0 Å². The van der Waals surface area contributed by atoms with Gasteiger partial charge in [-0.2, -0.15) is 0 Å². The number of carbonyl (C=O) groups is 1. The van der Waals surface area contributed by atoms with Crippen molar-refractivity contribution in [1.29, 1.82) is 0 Å². The van der Waals surface area contributed by atoms with Gasteiger partial charge in [0, 0.05) is 15.8 Å². The number of carbonyl (C=O) groups excluding carboxylic acids is 1. The number of rotatable bonds is 3. The number of benzene rings is 1. The van der Waals surface area contributed by atoms with Crippen LogP contribution in [0, 0.1) is 5.82 Å². The molecule has 2 rings (SSSR count). The molecule has 0 atom stereocenters. The smallest absolute Gasteiger partial charge is 0.172 e. The fourth-order valence-corrected chi connectivity index (χ4v) is 2.69. The monoisotopic (exact) mass is 298 g/mol. The molecule has 82 valence electrons. The van der Waals surface area contributed by atoms with E-state index in [-0.39, 0.29) is 17.8 Å². The Balaban J connectivity index is 2.28. The molecule has 1 aromatic heterocycles. The van der Waals surface area contributed by atoms with Crippen molar-refractivity contribution >= 4 is 33.0 Å². The third-order valence-electron chi connectivity index (χ3n) is 2.16. The first-order chi connectivity index (χ1) is 7.68. The van der Waals surface area contributed by atoms with Crippen LogP contribution in [0.25, 0.3) is 0 Å². The van der Waals surface area contributed by atoms with Crippen LogP contribution in [0.3, 0.4) is 0 Å². The van der Waals surface area contributed by atoms with Gasteiger partial charge in [-0.15, -0.1) is 11.3 Å². The predicted octanol–water partition coefficient (Wildman–Crippen LogP) is 4.08. The SMILES string of the molecule is O=C(Cc1cccs1)c1c(F)cccc1Br. The molecule has 2 aromatic rings. The first kappa shape index (κ1) is 11.5. The lowest BCUT2D eigenvalue weighted by molar-refractivity contribution is 0.0989. The summed E-state index contributed by atoms with van der Waals surface area (Å²) in [5.41, 5.74) is 0.135. The Morgan fingerprint density at radius 1 is 1.31 bits per heavy atom. The van der Waals surface area contributed by atoms with Crippen LogP contribution in [0.5, 0.6) is 0 Å². The maximum absolute atomic E-state index is 13.5. The van der Waals surface area contributed by atoms with Crippen LogP contribution >= 0.6 is 27.3 Å². The van der Waals surface area contributed by atoms with Crippen molar-refractivity contribution in [2.45, 2.75) is 6.42 Å². The van der Waals surface area contributed by atoms with Gasteiger partial charge in [0.05, 0.1) is 5.56 Å². The molecule has 0 radical (unpaired) electrons. The van der Waals surface area contributed by atoms with Gasteiger partial charge in [-0.3, -0.25) is 4.79 Å². The third-order valence-corrected chi connectivity index (χ3v) is 3.69. The quantitative estimate of drug-likeness (QED) is 0.781. The fourth-order valence-electron chi connectivity index (χ4n) is 1.42. The van der Waals surface area contributed by atoms with E-state index in [1.54, 1.807) is 12.1 Å². The number of halogens is 2. The lowest BCUT2D eigenvalue weighted by Gasteiger charge is -2.03. The summed E-state index contributed by atoms with van der Waals surface area (Å²) in [7, 11) is 0. The van der Waals surface area contributed by atoms with E-state index in [2.05, 4.69) is 15.9 Å².